The van der Waals surface area contributed by atoms with E-state index in [0.717, 1.165) is 45.1 Å². The number of benzene rings is 1. The van der Waals surface area contributed by atoms with Gasteiger partial charge in [-0.3, -0.25) is 4.79 Å². The number of hydroxylamine groups is 2. The number of β-lactam (4-membered cyclic amide) rings is 1. The third kappa shape index (κ3) is 3.93. The third-order valence-electron chi connectivity index (χ3n) is 4.96. The number of aryl methyl sites for hydroxylation is 2. The van der Waals surface area contributed by atoms with E-state index in [0.29, 0.717) is 0 Å². The van der Waals surface area contributed by atoms with E-state index < -0.39 is 0 Å². The van der Waals surface area contributed by atoms with Crippen molar-refractivity contribution in [2.24, 2.45) is 5.92 Å². The molecule has 2 fully saturated rings. The molecule has 1 unspecified atom stereocenters. The predicted octanol–water partition coefficient (Wildman–Crippen LogP) is 3.62. The first kappa shape index (κ1) is 16.5. The van der Waals surface area contributed by atoms with E-state index in [4.69, 9.17) is 9.57 Å². The van der Waals surface area contributed by atoms with Gasteiger partial charge in [-0.15, -0.1) is 0 Å². The summed E-state index contributed by atoms with van der Waals surface area (Å²) in [6, 6.07) is 8.80. The fraction of sp³-hybridized carbons (Fsp3) is 0.632. The highest BCUT2D eigenvalue weighted by Gasteiger charge is 2.46. The average molecular weight is 317 g/mol. The molecule has 0 aromatic heterocycles. The lowest BCUT2D eigenvalue weighted by Gasteiger charge is -2.45. The van der Waals surface area contributed by atoms with Crippen LogP contribution >= 0.6 is 0 Å². The predicted molar refractivity (Wildman–Crippen MR) is 88.6 cm³/mol. The molecule has 2 heterocycles. The molecule has 1 amide bonds. The van der Waals surface area contributed by atoms with E-state index >= 15 is 0 Å². The van der Waals surface area contributed by atoms with Crippen molar-refractivity contribution in [2.75, 3.05) is 6.61 Å². The lowest BCUT2D eigenvalue weighted by molar-refractivity contribution is -0.316. The van der Waals surface area contributed by atoms with Crippen molar-refractivity contribution >= 4 is 5.91 Å². The van der Waals surface area contributed by atoms with Gasteiger partial charge in [-0.25, -0.2) is 9.90 Å². The van der Waals surface area contributed by atoms with E-state index in [9.17, 15) is 4.79 Å². The molecule has 126 valence electrons. The quantitative estimate of drug-likeness (QED) is 0.752. The van der Waals surface area contributed by atoms with Crippen LogP contribution in [0.5, 0.6) is 0 Å². The summed E-state index contributed by atoms with van der Waals surface area (Å²) in [6.07, 6.45) is 5.85. The number of carbonyl (C=O) groups excluding carboxylic acids is 1. The Hall–Kier alpha value is -1.39. The smallest absolute Gasteiger partial charge is 0.251 e. The Morgan fingerprint density at radius 3 is 2.70 bits per heavy atom. The third-order valence-corrected chi connectivity index (χ3v) is 4.96. The first-order chi connectivity index (χ1) is 11.1. The molecule has 0 spiro atoms. The summed E-state index contributed by atoms with van der Waals surface area (Å²) in [6.45, 7) is 4.91. The van der Waals surface area contributed by atoms with Crippen molar-refractivity contribution in [3.63, 3.8) is 0 Å². The van der Waals surface area contributed by atoms with E-state index in [2.05, 4.69) is 38.1 Å². The molecule has 0 aliphatic carbocycles. The number of hydrogen-bond acceptors (Lipinski definition) is 3. The summed E-state index contributed by atoms with van der Waals surface area (Å²) in [5.74, 6) is 0.222. The van der Waals surface area contributed by atoms with Crippen LogP contribution in [0.25, 0.3) is 0 Å². The van der Waals surface area contributed by atoms with Crippen LogP contribution in [0, 0.1) is 12.8 Å². The van der Waals surface area contributed by atoms with Crippen LogP contribution in [0.3, 0.4) is 0 Å². The van der Waals surface area contributed by atoms with Crippen molar-refractivity contribution < 1.29 is 14.4 Å². The van der Waals surface area contributed by atoms with Gasteiger partial charge in [0.05, 0.1) is 12.0 Å². The van der Waals surface area contributed by atoms with Gasteiger partial charge >= 0.3 is 0 Å². The molecular formula is C19H27NO3. The number of rotatable bonds is 6. The van der Waals surface area contributed by atoms with Crippen LogP contribution in [0.1, 0.15) is 50.2 Å². The molecule has 2 aliphatic heterocycles. The van der Waals surface area contributed by atoms with Gasteiger partial charge in [0, 0.05) is 13.0 Å². The van der Waals surface area contributed by atoms with E-state index in [-0.39, 0.29) is 24.2 Å². The molecule has 4 nitrogen and oxygen atoms in total. The Morgan fingerprint density at radius 1 is 1.26 bits per heavy atom. The maximum atomic E-state index is 12.3. The normalized spacial score (nSPS) is 27.8. The molecule has 1 aromatic rings. The van der Waals surface area contributed by atoms with Crippen molar-refractivity contribution in [1.82, 2.24) is 5.06 Å². The van der Waals surface area contributed by atoms with Crippen LogP contribution in [-0.2, 0) is 20.8 Å². The highest BCUT2D eigenvalue weighted by molar-refractivity contribution is 5.84. The summed E-state index contributed by atoms with van der Waals surface area (Å²) in [7, 11) is 0. The average Bonchev–Trinajstić information content (AvgIpc) is 2.59. The number of carbonyl (C=O) groups is 1. The van der Waals surface area contributed by atoms with Gasteiger partial charge in [0.25, 0.3) is 5.91 Å². The van der Waals surface area contributed by atoms with Gasteiger partial charge in [0.1, 0.15) is 0 Å². The Labute approximate surface area is 138 Å². The summed E-state index contributed by atoms with van der Waals surface area (Å²) in [4.78, 5) is 18.0. The molecular weight excluding hydrogens is 290 g/mol. The molecule has 0 radical (unpaired) electrons. The van der Waals surface area contributed by atoms with Crippen LogP contribution in [-0.4, -0.2) is 29.9 Å². The second-order valence-electron chi connectivity index (χ2n) is 6.79. The Kier molecular flexibility index (Phi) is 5.34. The lowest BCUT2D eigenvalue weighted by Crippen LogP contribution is -2.60. The molecule has 0 N–H and O–H groups in total. The van der Waals surface area contributed by atoms with E-state index in [1.807, 2.05) is 0 Å². The number of amides is 1. The maximum absolute atomic E-state index is 12.3. The molecule has 23 heavy (non-hydrogen) atoms. The first-order valence-corrected chi connectivity index (χ1v) is 8.82. The standard InChI is InChI=1S/C19H27NO3/c1-14-9-11-16(12-10-14)6-5-7-17-15(2)20(19(17)21)23-18-8-3-4-13-22-18/h9-12,15,17-18H,3-8,13H2,1-2H3/t15-,17+,18?/m0/s1. The topological polar surface area (TPSA) is 38.8 Å². The summed E-state index contributed by atoms with van der Waals surface area (Å²) >= 11 is 0. The van der Waals surface area contributed by atoms with Crippen molar-refractivity contribution in [3.05, 3.63) is 35.4 Å². The Balaban J connectivity index is 1.41. The summed E-state index contributed by atoms with van der Waals surface area (Å²) in [5.41, 5.74) is 2.63. The Morgan fingerprint density at radius 2 is 2.04 bits per heavy atom. The van der Waals surface area contributed by atoms with Crippen LogP contribution in [0.15, 0.2) is 24.3 Å². The highest BCUT2D eigenvalue weighted by atomic mass is 16.8. The van der Waals surface area contributed by atoms with E-state index in [1.165, 1.54) is 16.2 Å². The lowest BCUT2D eigenvalue weighted by atomic mass is 9.86. The van der Waals surface area contributed by atoms with Gasteiger partial charge in [-0.1, -0.05) is 29.8 Å². The molecule has 2 aliphatic rings. The monoisotopic (exact) mass is 317 g/mol. The first-order valence-electron chi connectivity index (χ1n) is 8.82. The second kappa shape index (κ2) is 7.45. The van der Waals surface area contributed by atoms with Crippen molar-refractivity contribution in [1.29, 1.82) is 0 Å². The van der Waals surface area contributed by atoms with Crippen LogP contribution in [0.4, 0.5) is 0 Å². The zero-order chi connectivity index (χ0) is 16.2. The highest BCUT2D eigenvalue weighted by Crippen LogP contribution is 2.32. The minimum atomic E-state index is -0.233. The van der Waals surface area contributed by atoms with Crippen LogP contribution in [0.2, 0.25) is 0 Å². The fourth-order valence-electron chi connectivity index (χ4n) is 3.37. The minimum Gasteiger partial charge on any atom is -0.350 e. The maximum Gasteiger partial charge on any atom is 0.251 e. The van der Waals surface area contributed by atoms with Gasteiger partial charge in [0.2, 0.25) is 0 Å². The molecule has 3 rings (SSSR count). The number of nitrogens with zero attached hydrogens (tertiary/aromatic N) is 1. The molecule has 0 saturated carbocycles. The summed E-state index contributed by atoms with van der Waals surface area (Å²) in [5, 5.41) is 1.53. The van der Waals surface area contributed by atoms with Crippen LogP contribution < -0.4 is 0 Å². The van der Waals surface area contributed by atoms with Gasteiger partial charge in [0.15, 0.2) is 6.29 Å². The SMILES string of the molecule is Cc1ccc(CCC[C@H]2C(=O)N(OC3CCCCO3)[C@H]2C)cc1. The van der Waals surface area contributed by atoms with Gasteiger partial charge < -0.3 is 4.74 Å². The number of hydrogen-bond donors (Lipinski definition) is 0. The largest absolute Gasteiger partial charge is 0.350 e. The summed E-state index contributed by atoms with van der Waals surface area (Å²) < 4.78 is 5.55. The van der Waals surface area contributed by atoms with Crippen molar-refractivity contribution in [2.45, 2.75) is 64.7 Å². The Bertz CT molecular complexity index is 522. The molecule has 0 bridgehead atoms. The zero-order valence-electron chi connectivity index (χ0n) is 14.2. The molecule has 4 heteroatoms. The van der Waals surface area contributed by atoms with Crippen molar-refractivity contribution in [3.8, 4) is 0 Å². The molecule has 1 aromatic carbocycles. The molecule has 2 saturated heterocycles. The minimum absolute atomic E-state index is 0.101. The van der Waals surface area contributed by atoms with Gasteiger partial charge in [-0.2, -0.15) is 0 Å². The molecule has 3 atom stereocenters. The second-order valence-corrected chi connectivity index (χ2v) is 6.79. The van der Waals surface area contributed by atoms with Gasteiger partial charge in [-0.05, 0) is 51.5 Å². The fourth-order valence-corrected chi connectivity index (χ4v) is 3.37. The zero-order valence-corrected chi connectivity index (χ0v) is 14.2. The van der Waals surface area contributed by atoms with E-state index in [1.54, 1.807) is 0 Å². The number of ether oxygens (including phenoxy) is 1.